The topological polar surface area (TPSA) is 47.6 Å². The van der Waals surface area contributed by atoms with Crippen molar-refractivity contribution in [3.63, 3.8) is 0 Å². The lowest BCUT2D eigenvalue weighted by Gasteiger charge is -2.12. The minimum Gasteiger partial charge on any atom is -0.490 e. The van der Waals surface area contributed by atoms with E-state index in [9.17, 15) is 4.79 Å². The van der Waals surface area contributed by atoms with Gasteiger partial charge < -0.3 is 14.8 Å². The van der Waals surface area contributed by atoms with Crippen LogP contribution >= 0.6 is 0 Å². The molecule has 124 valence electrons. The molecule has 4 heteroatoms. The van der Waals surface area contributed by atoms with E-state index in [4.69, 9.17) is 9.47 Å². The lowest BCUT2D eigenvalue weighted by molar-refractivity contribution is -0.121. The van der Waals surface area contributed by atoms with Crippen LogP contribution in [0.4, 0.5) is 0 Å². The third kappa shape index (κ3) is 6.83. The molecule has 0 aliphatic carbocycles. The number of amides is 1. The van der Waals surface area contributed by atoms with Crippen molar-refractivity contribution < 1.29 is 14.3 Å². The van der Waals surface area contributed by atoms with Crippen LogP contribution in [0.2, 0.25) is 0 Å². The summed E-state index contributed by atoms with van der Waals surface area (Å²) < 4.78 is 11.1. The molecular formula is C18H29NO3. The number of ether oxygens (including phenoxy) is 2. The quantitative estimate of drug-likeness (QED) is 0.634. The first-order valence-corrected chi connectivity index (χ1v) is 8.36. The smallest absolute Gasteiger partial charge is 0.220 e. The monoisotopic (exact) mass is 307 g/mol. The van der Waals surface area contributed by atoms with E-state index in [-0.39, 0.29) is 5.91 Å². The summed E-state index contributed by atoms with van der Waals surface area (Å²) in [6, 6.07) is 5.89. The van der Waals surface area contributed by atoms with E-state index in [1.165, 1.54) is 6.42 Å². The molecule has 0 atom stereocenters. The first-order chi connectivity index (χ1) is 10.7. The Morgan fingerprint density at radius 3 is 2.45 bits per heavy atom. The third-order valence-corrected chi connectivity index (χ3v) is 3.35. The van der Waals surface area contributed by atoms with Crippen LogP contribution in [-0.4, -0.2) is 25.7 Å². The zero-order chi connectivity index (χ0) is 16.2. The summed E-state index contributed by atoms with van der Waals surface area (Å²) in [5.74, 6) is 1.63. The molecule has 0 saturated heterocycles. The molecule has 0 saturated carbocycles. The molecule has 0 spiro atoms. The summed E-state index contributed by atoms with van der Waals surface area (Å²) in [5, 5.41) is 2.96. The second kappa shape index (κ2) is 10.9. The average Bonchev–Trinajstić information content (AvgIpc) is 2.52. The minimum absolute atomic E-state index is 0.114. The van der Waals surface area contributed by atoms with Gasteiger partial charge in [-0.2, -0.15) is 0 Å². The molecule has 0 radical (unpaired) electrons. The summed E-state index contributed by atoms with van der Waals surface area (Å²) >= 11 is 0. The van der Waals surface area contributed by atoms with Crippen molar-refractivity contribution in [2.24, 2.45) is 0 Å². The first-order valence-electron chi connectivity index (χ1n) is 8.36. The average molecular weight is 307 g/mol. The van der Waals surface area contributed by atoms with Crippen LogP contribution in [-0.2, 0) is 11.2 Å². The van der Waals surface area contributed by atoms with Crippen LogP contribution < -0.4 is 14.8 Å². The summed E-state index contributed by atoms with van der Waals surface area (Å²) in [7, 11) is 0. The van der Waals surface area contributed by atoms with E-state index in [0.29, 0.717) is 26.1 Å². The standard InChI is InChI=1S/C18H29NO3/c1-4-7-8-13-19-18(20)12-10-15-9-11-16(21-5-2)17(14-15)22-6-3/h9,11,14H,4-8,10,12-13H2,1-3H3,(H,19,20). The fourth-order valence-corrected chi connectivity index (χ4v) is 2.20. The van der Waals surface area contributed by atoms with Crippen molar-refractivity contribution in [2.45, 2.75) is 52.9 Å². The van der Waals surface area contributed by atoms with E-state index in [2.05, 4.69) is 12.2 Å². The van der Waals surface area contributed by atoms with Gasteiger partial charge >= 0.3 is 0 Å². The maximum absolute atomic E-state index is 11.8. The fraction of sp³-hybridized carbons (Fsp3) is 0.611. The third-order valence-electron chi connectivity index (χ3n) is 3.35. The van der Waals surface area contributed by atoms with Crippen molar-refractivity contribution in [1.82, 2.24) is 5.32 Å². The first kappa shape index (κ1) is 18.3. The van der Waals surface area contributed by atoms with Gasteiger partial charge in [-0.1, -0.05) is 25.8 Å². The van der Waals surface area contributed by atoms with Gasteiger partial charge in [0.1, 0.15) is 0 Å². The second-order valence-corrected chi connectivity index (χ2v) is 5.20. The number of carbonyl (C=O) groups is 1. The number of unbranched alkanes of at least 4 members (excludes halogenated alkanes) is 2. The SMILES string of the molecule is CCCCCNC(=O)CCc1ccc(OCC)c(OCC)c1. The molecule has 0 aliphatic heterocycles. The lowest BCUT2D eigenvalue weighted by atomic mass is 10.1. The molecule has 1 N–H and O–H groups in total. The highest BCUT2D eigenvalue weighted by atomic mass is 16.5. The van der Waals surface area contributed by atoms with Crippen LogP contribution in [0.5, 0.6) is 11.5 Å². The van der Waals surface area contributed by atoms with E-state index < -0.39 is 0 Å². The van der Waals surface area contributed by atoms with Gasteiger partial charge in [0, 0.05) is 13.0 Å². The maximum Gasteiger partial charge on any atom is 0.220 e. The Labute approximate surface area is 134 Å². The van der Waals surface area contributed by atoms with Crippen molar-refractivity contribution in [3.05, 3.63) is 23.8 Å². The van der Waals surface area contributed by atoms with E-state index >= 15 is 0 Å². The van der Waals surface area contributed by atoms with Crippen LogP contribution in [0, 0.1) is 0 Å². The van der Waals surface area contributed by atoms with Crippen LogP contribution in [0.1, 0.15) is 52.0 Å². The number of hydrogen-bond donors (Lipinski definition) is 1. The van der Waals surface area contributed by atoms with Gasteiger partial charge in [0.05, 0.1) is 13.2 Å². The van der Waals surface area contributed by atoms with Gasteiger partial charge in [-0.3, -0.25) is 4.79 Å². The van der Waals surface area contributed by atoms with Crippen molar-refractivity contribution in [3.8, 4) is 11.5 Å². The van der Waals surface area contributed by atoms with E-state index in [1.807, 2.05) is 32.0 Å². The van der Waals surface area contributed by atoms with Crippen molar-refractivity contribution in [2.75, 3.05) is 19.8 Å². The Morgan fingerprint density at radius 2 is 1.77 bits per heavy atom. The Bertz CT molecular complexity index is 446. The predicted octanol–water partition coefficient (Wildman–Crippen LogP) is 3.72. The van der Waals surface area contributed by atoms with Gasteiger partial charge in [-0.25, -0.2) is 0 Å². The largest absolute Gasteiger partial charge is 0.490 e. The molecule has 0 fully saturated rings. The van der Waals surface area contributed by atoms with Crippen LogP contribution in [0.15, 0.2) is 18.2 Å². The number of hydrogen-bond acceptors (Lipinski definition) is 3. The Hall–Kier alpha value is -1.71. The lowest BCUT2D eigenvalue weighted by Crippen LogP contribution is -2.24. The number of carbonyl (C=O) groups excluding carboxylic acids is 1. The summed E-state index contributed by atoms with van der Waals surface area (Å²) in [5.41, 5.74) is 1.09. The molecule has 22 heavy (non-hydrogen) atoms. The minimum atomic E-state index is 0.114. The van der Waals surface area contributed by atoms with Gasteiger partial charge in [-0.05, 0) is 44.4 Å². The Morgan fingerprint density at radius 1 is 1.05 bits per heavy atom. The molecule has 1 aromatic carbocycles. The predicted molar refractivity (Wildman–Crippen MR) is 89.6 cm³/mol. The van der Waals surface area contributed by atoms with Gasteiger partial charge in [-0.15, -0.1) is 0 Å². The van der Waals surface area contributed by atoms with Crippen molar-refractivity contribution >= 4 is 5.91 Å². The highest BCUT2D eigenvalue weighted by molar-refractivity contribution is 5.76. The molecule has 0 heterocycles. The van der Waals surface area contributed by atoms with Gasteiger partial charge in [0.2, 0.25) is 5.91 Å². The molecule has 4 nitrogen and oxygen atoms in total. The molecule has 1 aromatic rings. The zero-order valence-corrected chi connectivity index (χ0v) is 14.1. The summed E-state index contributed by atoms with van der Waals surface area (Å²) in [6.45, 7) is 8.05. The molecule has 0 bridgehead atoms. The van der Waals surface area contributed by atoms with Crippen LogP contribution in [0.3, 0.4) is 0 Å². The van der Waals surface area contributed by atoms with Gasteiger partial charge in [0.25, 0.3) is 0 Å². The molecular weight excluding hydrogens is 278 g/mol. The van der Waals surface area contributed by atoms with Crippen molar-refractivity contribution in [1.29, 1.82) is 0 Å². The molecule has 1 amide bonds. The molecule has 1 rings (SSSR count). The zero-order valence-electron chi connectivity index (χ0n) is 14.1. The highest BCUT2D eigenvalue weighted by Crippen LogP contribution is 2.28. The Kier molecular flexibility index (Phi) is 9.12. The van der Waals surface area contributed by atoms with Crippen LogP contribution in [0.25, 0.3) is 0 Å². The number of benzene rings is 1. The summed E-state index contributed by atoms with van der Waals surface area (Å²) in [6.07, 6.45) is 4.61. The molecule has 0 aliphatic rings. The second-order valence-electron chi connectivity index (χ2n) is 5.20. The normalized spacial score (nSPS) is 10.3. The Balaban J connectivity index is 2.47. The number of nitrogens with one attached hydrogen (secondary N) is 1. The fourth-order valence-electron chi connectivity index (χ4n) is 2.20. The van der Waals surface area contributed by atoms with E-state index in [0.717, 1.165) is 36.4 Å². The highest BCUT2D eigenvalue weighted by Gasteiger charge is 2.08. The molecule has 0 aromatic heterocycles. The maximum atomic E-state index is 11.8. The number of rotatable bonds is 11. The number of aryl methyl sites for hydroxylation is 1. The molecule has 0 unspecified atom stereocenters. The van der Waals surface area contributed by atoms with Gasteiger partial charge in [0.15, 0.2) is 11.5 Å². The van der Waals surface area contributed by atoms with E-state index in [1.54, 1.807) is 0 Å². The summed E-state index contributed by atoms with van der Waals surface area (Å²) in [4.78, 5) is 11.8.